The molecule has 2 atom stereocenters. The highest BCUT2D eigenvalue weighted by atomic mass is 79.9. The molecule has 2 aromatic carbocycles. The molecule has 0 aliphatic carbocycles. The number of benzene rings is 2. The average Bonchev–Trinajstić information content (AvgIpc) is 2.41. The monoisotopic (exact) mass is 341 g/mol. The van der Waals surface area contributed by atoms with Crippen molar-refractivity contribution in [1.29, 1.82) is 0 Å². The minimum Gasteiger partial charge on any atom is -0.388 e. The third-order valence-electron chi connectivity index (χ3n) is 3.21. The van der Waals surface area contributed by atoms with Gasteiger partial charge in [-0.2, -0.15) is 0 Å². The fraction of sp³-hybridized carbons (Fsp3) is 0.200. The number of hydrogen-bond acceptors (Lipinski definition) is 2. The Hall–Kier alpha value is -1.30. The van der Waals surface area contributed by atoms with Gasteiger partial charge in [-0.3, -0.25) is 0 Å². The molecule has 106 valence electrons. The number of rotatable bonds is 4. The number of aliphatic hydroxyl groups is 1. The molecule has 0 radical (unpaired) electrons. The average molecular weight is 342 g/mol. The second kappa shape index (κ2) is 6.43. The van der Waals surface area contributed by atoms with Crippen molar-refractivity contribution in [2.45, 2.75) is 12.0 Å². The first kappa shape index (κ1) is 15.1. The molecule has 2 nitrogen and oxygen atoms in total. The van der Waals surface area contributed by atoms with Crippen LogP contribution in [0.4, 0.5) is 8.78 Å². The number of aliphatic hydroxyl groups excluding tert-OH is 1. The quantitative estimate of drug-likeness (QED) is 0.893. The van der Waals surface area contributed by atoms with Gasteiger partial charge in [-0.1, -0.05) is 34.1 Å². The standard InChI is InChI=1S/C15H14BrF2NO/c16-10-3-6-12(14(18)7-10)15(20)13(8-19)9-1-4-11(17)5-2-9/h1-7,13,15,20H,8,19H2. The van der Waals surface area contributed by atoms with Crippen molar-refractivity contribution < 1.29 is 13.9 Å². The molecule has 0 saturated carbocycles. The molecular weight excluding hydrogens is 328 g/mol. The van der Waals surface area contributed by atoms with Gasteiger partial charge in [0.05, 0.1) is 6.10 Å². The van der Waals surface area contributed by atoms with E-state index in [9.17, 15) is 13.9 Å². The van der Waals surface area contributed by atoms with E-state index in [0.717, 1.165) is 0 Å². The van der Waals surface area contributed by atoms with Gasteiger partial charge in [0, 0.05) is 22.5 Å². The second-order valence-electron chi connectivity index (χ2n) is 4.50. The third kappa shape index (κ3) is 3.23. The molecule has 0 aliphatic rings. The summed E-state index contributed by atoms with van der Waals surface area (Å²) in [6.45, 7) is 0.127. The summed E-state index contributed by atoms with van der Waals surface area (Å²) >= 11 is 3.16. The van der Waals surface area contributed by atoms with Crippen molar-refractivity contribution in [2.24, 2.45) is 5.73 Å². The summed E-state index contributed by atoms with van der Waals surface area (Å²) in [7, 11) is 0. The first-order chi connectivity index (χ1) is 9.52. The zero-order chi connectivity index (χ0) is 14.7. The third-order valence-corrected chi connectivity index (χ3v) is 3.71. The molecule has 3 N–H and O–H groups in total. The van der Waals surface area contributed by atoms with E-state index in [2.05, 4.69) is 15.9 Å². The van der Waals surface area contributed by atoms with Gasteiger partial charge < -0.3 is 10.8 Å². The van der Waals surface area contributed by atoms with Crippen molar-refractivity contribution in [1.82, 2.24) is 0 Å². The lowest BCUT2D eigenvalue weighted by Crippen LogP contribution is -2.21. The van der Waals surface area contributed by atoms with Crippen LogP contribution in [-0.4, -0.2) is 11.7 Å². The van der Waals surface area contributed by atoms with Crippen LogP contribution in [0.5, 0.6) is 0 Å². The summed E-state index contributed by atoms with van der Waals surface area (Å²) in [6, 6.07) is 10.1. The fourth-order valence-electron chi connectivity index (χ4n) is 2.12. The normalized spacial score (nSPS) is 14.1. The maximum atomic E-state index is 13.9. The van der Waals surface area contributed by atoms with Crippen LogP contribution in [0.1, 0.15) is 23.1 Å². The molecule has 0 saturated heterocycles. The molecule has 0 aliphatic heterocycles. The maximum Gasteiger partial charge on any atom is 0.130 e. The van der Waals surface area contributed by atoms with E-state index in [0.29, 0.717) is 10.0 Å². The zero-order valence-electron chi connectivity index (χ0n) is 10.6. The minimum absolute atomic E-state index is 0.127. The highest BCUT2D eigenvalue weighted by Crippen LogP contribution is 2.32. The van der Waals surface area contributed by atoms with Gasteiger partial charge in [-0.15, -0.1) is 0 Å². The highest BCUT2D eigenvalue weighted by molar-refractivity contribution is 9.10. The van der Waals surface area contributed by atoms with E-state index < -0.39 is 17.8 Å². The van der Waals surface area contributed by atoms with Crippen LogP contribution in [0.15, 0.2) is 46.9 Å². The first-order valence-corrected chi connectivity index (χ1v) is 6.90. The smallest absolute Gasteiger partial charge is 0.130 e. The van der Waals surface area contributed by atoms with Crippen LogP contribution >= 0.6 is 15.9 Å². The Labute approximate surface area is 124 Å². The van der Waals surface area contributed by atoms with Crippen LogP contribution in [0, 0.1) is 11.6 Å². The van der Waals surface area contributed by atoms with Crippen LogP contribution in [-0.2, 0) is 0 Å². The summed E-state index contributed by atoms with van der Waals surface area (Å²) in [6.07, 6.45) is -1.08. The molecule has 2 rings (SSSR count). The van der Waals surface area contributed by atoms with Crippen LogP contribution in [0.2, 0.25) is 0 Å². The van der Waals surface area contributed by atoms with Gasteiger partial charge in [0.15, 0.2) is 0 Å². The Morgan fingerprint density at radius 3 is 2.30 bits per heavy atom. The largest absolute Gasteiger partial charge is 0.388 e. The predicted octanol–water partition coefficient (Wildman–Crippen LogP) is 3.50. The van der Waals surface area contributed by atoms with Gasteiger partial charge in [0.1, 0.15) is 11.6 Å². The SMILES string of the molecule is NCC(c1ccc(F)cc1)C(O)c1ccc(Br)cc1F. The molecule has 0 fully saturated rings. The van der Waals surface area contributed by atoms with Crippen LogP contribution < -0.4 is 5.73 Å². The van der Waals surface area contributed by atoms with Crippen LogP contribution in [0.25, 0.3) is 0 Å². The molecule has 0 heterocycles. The van der Waals surface area contributed by atoms with E-state index in [1.165, 1.54) is 24.3 Å². The zero-order valence-corrected chi connectivity index (χ0v) is 12.1. The Kier molecular flexibility index (Phi) is 4.86. The van der Waals surface area contributed by atoms with E-state index >= 15 is 0 Å². The summed E-state index contributed by atoms with van der Waals surface area (Å²) < 4.78 is 27.4. The van der Waals surface area contributed by atoms with E-state index in [1.807, 2.05) is 0 Å². The lowest BCUT2D eigenvalue weighted by Gasteiger charge is -2.22. The number of nitrogens with two attached hydrogens (primary N) is 1. The Morgan fingerprint density at radius 1 is 1.10 bits per heavy atom. The Morgan fingerprint density at radius 2 is 1.75 bits per heavy atom. The Bertz CT molecular complexity index is 589. The van der Waals surface area contributed by atoms with Crippen molar-refractivity contribution in [2.75, 3.05) is 6.54 Å². The molecule has 0 aromatic heterocycles. The second-order valence-corrected chi connectivity index (χ2v) is 5.42. The maximum absolute atomic E-state index is 13.9. The molecule has 0 amide bonds. The van der Waals surface area contributed by atoms with E-state index in [1.54, 1.807) is 18.2 Å². The van der Waals surface area contributed by atoms with E-state index in [-0.39, 0.29) is 17.9 Å². The lowest BCUT2D eigenvalue weighted by atomic mass is 9.89. The first-order valence-electron chi connectivity index (χ1n) is 6.11. The van der Waals surface area contributed by atoms with Gasteiger partial charge >= 0.3 is 0 Å². The molecule has 20 heavy (non-hydrogen) atoms. The number of hydrogen-bond donors (Lipinski definition) is 2. The van der Waals surface area contributed by atoms with Gasteiger partial charge in [0.25, 0.3) is 0 Å². The topological polar surface area (TPSA) is 46.2 Å². The molecule has 5 heteroatoms. The minimum atomic E-state index is -1.08. The van der Waals surface area contributed by atoms with Crippen molar-refractivity contribution in [3.8, 4) is 0 Å². The summed E-state index contributed by atoms with van der Waals surface area (Å²) in [4.78, 5) is 0. The van der Waals surface area contributed by atoms with Crippen molar-refractivity contribution in [3.05, 3.63) is 69.7 Å². The van der Waals surface area contributed by atoms with Gasteiger partial charge in [-0.05, 0) is 29.8 Å². The van der Waals surface area contributed by atoms with E-state index in [4.69, 9.17) is 5.73 Å². The fourth-order valence-corrected chi connectivity index (χ4v) is 2.45. The summed E-state index contributed by atoms with van der Waals surface area (Å²) in [5.41, 5.74) is 6.52. The molecule has 0 spiro atoms. The molecule has 0 bridgehead atoms. The van der Waals surface area contributed by atoms with Crippen LogP contribution in [0.3, 0.4) is 0 Å². The summed E-state index contributed by atoms with van der Waals surface area (Å²) in [5.74, 6) is -1.37. The Balaban J connectivity index is 2.33. The van der Waals surface area contributed by atoms with Crippen molar-refractivity contribution >= 4 is 15.9 Å². The summed E-state index contributed by atoms with van der Waals surface area (Å²) in [5, 5.41) is 10.3. The van der Waals surface area contributed by atoms with Gasteiger partial charge in [0.2, 0.25) is 0 Å². The molecular formula is C15H14BrF2NO. The van der Waals surface area contributed by atoms with Gasteiger partial charge in [-0.25, -0.2) is 8.78 Å². The molecule has 2 aromatic rings. The number of halogens is 3. The predicted molar refractivity (Wildman–Crippen MR) is 77.3 cm³/mol. The lowest BCUT2D eigenvalue weighted by molar-refractivity contribution is 0.143. The highest BCUT2D eigenvalue weighted by Gasteiger charge is 2.24. The van der Waals surface area contributed by atoms with Crippen molar-refractivity contribution in [3.63, 3.8) is 0 Å². The molecule has 2 unspecified atom stereocenters.